The number of rotatable bonds is 4. The standard InChI is InChI=1S/C13H23NO2/c14-13(9-11-5-6-12(13)16-11)7-1-3-10-4-2-8-15-10/h10-12H,1-9,14H2. The predicted octanol–water partition coefficient (Wildman–Crippen LogP) is 1.98. The van der Waals surface area contributed by atoms with Crippen molar-refractivity contribution in [3.8, 4) is 0 Å². The number of hydrogen-bond donors (Lipinski definition) is 1. The molecule has 0 aromatic heterocycles. The van der Waals surface area contributed by atoms with Gasteiger partial charge in [0, 0.05) is 12.1 Å². The third-order valence-electron chi connectivity index (χ3n) is 4.55. The number of ether oxygens (including phenoxy) is 2. The van der Waals surface area contributed by atoms with Crippen LogP contribution in [0.3, 0.4) is 0 Å². The molecular formula is C13H23NO2. The summed E-state index contributed by atoms with van der Waals surface area (Å²) >= 11 is 0. The van der Waals surface area contributed by atoms with Gasteiger partial charge in [0.1, 0.15) is 0 Å². The van der Waals surface area contributed by atoms with Gasteiger partial charge in [-0.3, -0.25) is 0 Å². The fraction of sp³-hybridized carbons (Fsp3) is 1.00. The smallest absolute Gasteiger partial charge is 0.0760 e. The van der Waals surface area contributed by atoms with E-state index in [1.54, 1.807) is 0 Å². The summed E-state index contributed by atoms with van der Waals surface area (Å²) in [5.74, 6) is 0. The molecule has 3 aliphatic heterocycles. The molecule has 3 fully saturated rings. The summed E-state index contributed by atoms with van der Waals surface area (Å²) in [6.45, 7) is 0.965. The maximum atomic E-state index is 6.46. The molecule has 2 N–H and O–H groups in total. The second kappa shape index (κ2) is 4.28. The van der Waals surface area contributed by atoms with Crippen LogP contribution in [0.1, 0.15) is 51.4 Å². The Bertz CT molecular complexity index is 252. The van der Waals surface area contributed by atoms with Crippen LogP contribution in [0, 0.1) is 0 Å². The van der Waals surface area contributed by atoms with Crippen molar-refractivity contribution < 1.29 is 9.47 Å². The molecular weight excluding hydrogens is 202 g/mol. The Morgan fingerprint density at radius 3 is 2.81 bits per heavy atom. The minimum absolute atomic E-state index is 0.0124. The molecule has 3 rings (SSSR count). The van der Waals surface area contributed by atoms with Gasteiger partial charge >= 0.3 is 0 Å². The van der Waals surface area contributed by atoms with Crippen molar-refractivity contribution in [1.29, 1.82) is 0 Å². The molecule has 0 radical (unpaired) electrons. The van der Waals surface area contributed by atoms with Crippen LogP contribution in [0.4, 0.5) is 0 Å². The van der Waals surface area contributed by atoms with E-state index in [1.165, 1.54) is 38.5 Å². The SMILES string of the molecule is NC1(CCCC2CCCO2)CC2CCC1O2. The lowest BCUT2D eigenvalue weighted by Gasteiger charge is -2.31. The van der Waals surface area contributed by atoms with Gasteiger partial charge in [-0.05, 0) is 51.4 Å². The molecule has 0 aliphatic carbocycles. The van der Waals surface area contributed by atoms with Crippen molar-refractivity contribution in [2.45, 2.75) is 75.2 Å². The number of nitrogens with two attached hydrogens (primary N) is 1. The molecule has 16 heavy (non-hydrogen) atoms. The molecule has 4 atom stereocenters. The molecule has 92 valence electrons. The monoisotopic (exact) mass is 225 g/mol. The van der Waals surface area contributed by atoms with Crippen LogP contribution in [-0.2, 0) is 9.47 Å². The molecule has 3 aliphatic rings. The molecule has 0 aromatic carbocycles. The lowest BCUT2D eigenvalue weighted by molar-refractivity contribution is 0.0779. The van der Waals surface area contributed by atoms with Gasteiger partial charge in [0.05, 0.1) is 18.3 Å². The summed E-state index contributed by atoms with van der Waals surface area (Å²) in [5.41, 5.74) is 6.45. The normalized spacial score (nSPS) is 46.7. The van der Waals surface area contributed by atoms with E-state index in [2.05, 4.69) is 0 Å². The molecule has 0 saturated carbocycles. The Balaban J connectivity index is 1.44. The zero-order valence-corrected chi connectivity index (χ0v) is 9.99. The lowest BCUT2D eigenvalue weighted by atomic mass is 9.79. The topological polar surface area (TPSA) is 44.5 Å². The van der Waals surface area contributed by atoms with Crippen LogP contribution < -0.4 is 5.73 Å². The molecule has 3 saturated heterocycles. The fourth-order valence-corrected chi connectivity index (χ4v) is 3.63. The van der Waals surface area contributed by atoms with Crippen molar-refractivity contribution in [2.75, 3.05) is 6.61 Å². The summed E-state index contributed by atoms with van der Waals surface area (Å²) in [7, 11) is 0. The van der Waals surface area contributed by atoms with Crippen LogP contribution in [0.15, 0.2) is 0 Å². The zero-order chi connectivity index (χ0) is 11.0. The molecule has 4 unspecified atom stereocenters. The van der Waals surface area contributed by atoms with Gasteiger partial charge in [0.15, 0.2) is 0 Å². The van der Waals surface area contributed by atoms with Crippen molar-refractivity contribution >= 4 is 0 Å². The molecule has 0 amide bonds. The summed E-state index contributed by atoms with van der Waals surface area (Å²) in [4.78, 5) is 0. The first-order valence-electron chi connectivity index (χ1n) is 6.82. The Morgan fingerprint density at radius 2 is 2.19 bits per heavy atom. The van der Waals surface area contributed by atoms with E-state index >= 15 is 0 Å². The quantitative estimate of drug-likeness (QED) is 0.795. The number of hydrogen-bond acceptors (Lipinski definition) is 3. The zero-order valence-electron chi connectivity index (χ0n) is 9.99. The van der Waals surface area contributed by atoms with Gasteiger partial charge in [-0.25, -0.2) is 0 Å². The highest BCUT2D eigenvalue weighted by atomic mass is 16.5. The van der Waals surface area contributed by atoms with Crippen LogP contribution >= 0.6 is 0 Å². The van der Waals surface area contributed by atoms with Crippen molar-refractivity contribution in [3.63, 3.8) is 0 Å². The Hall–Kier alpha value is -0.120. The van der Waals surface area contributed by atoms with Crippen molar-refractivity contribution in [2.24, 2.45) is 5.73 Å². The first-order chi connectivity index (χ1) is 7.76. The van der Waals surface area contributed by atoms with E-state index in [4.69, 9.17) is 15.2 Å². The van der Waals surface area contributed by atoms with E-state index in [1.807, 2.05) is 0 Å². The summed E-state index contributed by atoms with van der Waals surface area (Å²) < 4.78 is 11.5. The summed E-state index contributed by atoms with van der Waals surface area (Å²) in [6, 6.07) is 0. The van der Waals surface area contributed by atoms with E-state index < -0.39 is 0 Å². The molecule has 3 heteroatoms. The molecule has 3 nitrogen and oxygen atoms in total. The van der Waals surface area contributed by atoms with Crippen LogP contribution in [0.5, 0.6) is 0 Å². The molecule has 0 spiro atoms. The van der Waals surface area contributed by atoms with Crippen molar-refractivity contribution in [3.05, 3.63) is 0 Å². The van der Waals surface area contributed by atoms with Crippen molar-refractivity contribution in [1.82, 2.24) is 0 Å². The Labute approximate surface area is 97.7 Å². The summed E-state index contributed by atoms with van der Waals surface area (Å²) in [6.07, 6.45) is 10.8. The van der Waals surface area contributed by atoms with Gasteiger partial charge in [-0.1, -0.05) is 0 Å². The third-order valence-corrected chi connectivity index (χ3v) is 4.55. The van der Waals surface area contributed by atoms with Gasteiger partial charge in [0.25, 0.3) is 0 Å². The van der Waals surface area contributed by atoms with Crippen LogP contribution in [0.25, 0.3) is 0 Å². The van der Waals surface area contributed by atoms with Gasteiger partial charge < -0.3 is 15.2 Å². The highest BCUT2D eigenvalue weighted by molar-refractivity contribution is 5.04. The first-order valence-corrected chi connectivity index (χ1v) is 6.82. The van der Waals surface area contributed by atoms with E-state index in [0.29, 0.717) is 18.3 Å². The van der Waals surface area contributed by atoms with Gasteiger partial charge in [-0.2, -0.15) is 0 Å². The minimum Gasteiger partial charge on any atom is -0.378 e. The average Bonchev–Trinajstić information content (AvgIpc) is 2.92. The van der Waals surface area contributed by atoms with Gasteiger partial charge in [-0.15, -0.1) is 0 Å². The van der Waals surface area contributed by atoms with Crippen LogP contribution in [0.2, 0.25) is 0 Å². The Morgan fingerprint density at radius 1 is 1.25 bits per heavy atom. The minimum atomic E-state index is -0.0124. The van der Waals surface area contributed by atoms with Crippen LogP contribution in [-0.4, -0.2) is 30.5 Å². The second-order valence-electron chi connectivity index (χ2n) is 5.79. The second-order valence-corrected chi connectivity index (χ2v) is 5.79. The summed E-state index contributed by atoms with van der Waals surface area (Å²) in [5, 5.41) is 0. The molecule has 2 bridgehead atoms. The highest BCUT2D eigenvalue weighted by Gasteiger charge is 2.49. The van der Waals surface area contributed by atoms with E-state index in [9.17, 15) is 0 Å². The first kappa shape index (κ1) is 11.0. The maximum Gasteiger partial charge on any atom is 0.0760 e. The Kier molecular flexibility index (Phi) is 2.94. The third kappa shape index (κ3) is 2.01. The fourth-order valence-electron chi connectivity index (χ4n) is 3.63. The maximum absolute atomic E-state index is 6.46. The largest absolute Gasteiger partial charge is 0.378 e. The van der Waals surface area contributed by atoms with E-state index in [-0.39, 0.29) is 5.54 Å². The average molecular weight is 225 g/mol. The molecule has 0 aromatic rings. The van der Waals surface area contributed by atoms with E-state index in [0.717, 1.165) is 19.4 Å². The van der Waals surface area contributed by atoms with Gasteiger partial charge in [0.2, 0.25) is 0 Å². The lowest BCUT2D eigenvalue weighted by Crippen LogP contribution is -2.48. The molecule has 3 heterocycles. The highest BCUT2D eigenvalue weighted by Crippen LogP contribution is 2.42. The number of fused-ring (bicyclic) bond motifs is 2. The predicted molar refractivity (Wildman–Crippen MR) is 62.3 cm³/mol.